The molecule has 1 unspecified atom stereocenters. The summed E-state index contributed by atoms with van der Waals surface area (Å²) in [7, 11) is 3.31. The van der Waals surface area contributed by atoms with Gasteiger partial charge in [-0.2, -0.15) is 0 Å². The first-order chi connectivity index (χ1) is 10.2. The van der Waals surface area contributed by atoms with E-state index >= 15 is 0 Å². The molecule has 3 heteroatoms. The predicted octanol–water partition coefficient (Wildman–Crippen LogP) is 3.24. The van der Waals surface area contributed by atoms with Crippen LogP contribution in [0, 0.1) is 0 Å². The number of hydrogen-bond donors (Lipinski definition) is 1. The van der Waals surface area contributed by atoms with Crippen LogP contribution in [-0.4, -0.2) is 25.4 Å². The van der Waals surface area contributed by atoms with Crippen LogP contribution in [0.3, 0.4) is 0 Å². The van der Waals surface area contributed by atoms with Crippen LogP contribution in [0.25, 0.3) is 0 Å². The molecule has 1 atom stereocenters. The topological polar surface area (TPSA) is 38.7 Å². The van der Waals surface area contributed by atoms with E-state index < -0.39 is 0 Å². The van der Waals surface area contributed by atoms with E-state index in [1.165, 1.54) is 5.56 Å². The van der Waals surface area contributed by atoms with Crippen LogP contribution in [0.15, 0.2) is 48.5 Å². The van der Waals surface area contributed by atoms with Crippen molar-refractivity contribution in [3.8, 4) is 11.5 Å². The van der Waals surface area contributed by atoms with E-state index in [1.54, 1.807) is 14.2 Å². The lowest BCUT2D eigenvalue weighted by molar-refractivity contribution is 0.165. The van der Waals surface area contributed by atoms with E-state index in [0.29, 0.717) is 6.42 Å². The van der Waals surface area contributed by atoms with Crippen molar-refractivity contribution >= 4 is 0 Å². The first kappa shape index (κ1) is 15.4. The molecule has 0 aliphatic rings. The molecule has 0 bridgehead atoms. The molecule has 112 valence electrons. The van der Waals surface area contributed by atoms with Crippen molar-refractivity contribution in [2.45, 2.75) is 25.4 Å². The van der Waals surface area contributed by atoms with Crippen LogP contribution >= 0.6 is 0 Å². The zero-order valence-electron chi connectivity index (χ0n) is 12.6. The third-order valence-corrected chi connectivity index (χ3v) is 3.56. The Morgan fingerprint density at radius 3 is 1.76 bits per heavy atom. The fraction of sp³-hybridized carbons (Fsp3) is 0.333. The molecule has 3 nitrogen and oxygen atoms in total. The Hall–Kier alpha value is -2.00. The maximum atomic E-state index is 10.1. The molecular weight excluding hydrogens is 264 g/mol. The van der Waals surface area contributed by atoms with E-state index in [-0.39, 0.29) is 6.10 Å². The van der Waals surface area contributed by atoms with Gasteiger partial charge in [-0.15, -0.1) is 0 Å². The van der Waals surface area contributed by atoms with Crippen LogP contribution in [0.5, 0.6) is 11.5 Å². The van der Waals surface area contributed by atoms with Gasteiger partial charge in [-0.1, -0.05) is 24.3 Å². The third kappa shape index (κ3) is 4.80. The lowest BCUT2D eigenvalue weighted by Crippen LogP contribution is -2.11. The quantitative estimate of drug-likeness (QED) is 0.849. The fourth-order valence-corrected chi connectivity index (χ4v) is 2.26. The lowest BCUT2D eigenvalue weighted by Gasteiger charge is -2.11. The van der Waals surface area contributed by atoms with Crippen molar-refractivity contribution in [2.75, 3.05) is 14.2 Å². The highest BCUT2D eigenvalue weighted by Crippen LogP contribution is 2.16. The highest BCUT2D eigenvalue weighted by Gasteiger charge is 2.06. The molecule has 0 saturated carbocycles. The van der Waals surface area contributed by atoms with Crippen molar-refractivity contribution < 1.29 is 14.6 Å². The lowest BCUT2D eigenvalue weighted by atomic mass is 10.0. The molecule has 0 heterocycles. The van der Waals surface area contributed by atoms with E-state index in [4.69, 9.17) is 9.47 Å². The van der Waals surface area contributed by atoms with E-state index in [9.17, 15) is 5.11 Å². The first-order valence-electron chi connectivity index (χ1n) is 7.15. The highest BCUT2D eigenvalue weighted by molar-refractivity contribution is 5.28. The third-order valence-electron chi connectivity index (χ3n) is 3.56. The zero-order valence-corrected chi connectivity index (χ0v) is 12.6. The predicted molar refractivity (Wildman–Crippen MR) is 84.0 cm³/mol. The van der Waals surface area contributed by atoms with Crippen LogP contribution in [0.1, 0.15) is 17.5 Å². The maximum Gasteiger partial charge on any atom is 0.118 e. The normalized spacial score (nSPS) is 12.0. The maximum absolute atomic E-state index is 10.1. The number of aliphatic hydroxyl groups is 1. The summed E-state index contributed by atoms with van der Waals surface area (Å²) in [6, 6.07) is 15.8. The molecule has 2 aromatic carbocycles. The van der Waals surface area contributed by atoms with Gasteiger partial charge in [0.2, 0.25) is 0 Å². The second-order valence-corrected chi connectivity index (χ2v) is 5.09. The van der Waals surface area contributed by atoms with Crippen LogP contribution < -0.4 is 9.47 Å². The van der Waals surface area contributed by atoms with E-state index in [1.807, 2.05) is 48.5 Å². The Labute approximate surface area is 126 Å². The average molecular weight is 286 g/mol. The van der Waals surface area contributed by atoms with Gasteiger partial charge >= 0.3 is 0 Å². The summed E-state index contributed by atoms with van der Waals surface area (Å²) in [4.78, 5) is 0. The Morgan fingerprint density at radius 2 is 1.29 bits per heavy atom. The van der Waals surface area contributed by atoms with Crippen LogP contribution in [0.4, 0.5) is 0 Å². The van der Waals surface area contributed by atoms with Gasteiger partial charge in [0.25, 0.3) is 0 Å². The second kappa shape index (κ2) is 7.70. The Balaban J connectivity index is 1.81. The molecule has 0 aromatic heterocycles. The molecule has 0 aliphatic carbocycles. The minimum absolute atomic E-state index is 0.333. The summed E-state index contributed by atoms with van der Waals surface area (Å²) in [6.07, 6.45) is 1.94. The summed E-state index contributed by atoms with van der Waals surface area (Å²) < 4.78 is 10.3. The van der Waals surface area contributed by atoms with Crippen molar-refractivity contribution in [2.24, 2.45) is 0 Å². The number of benzene rings is 2. The van der Waals surface area contributed by atoms with Gasteiger partial charge in [-0.25, -0.2) is 0 Å². The van der Waals surface area contributed by atoms with Gasteiger partial charge in [0.15, 0.2) is 0 Å². The minimum atomic E-state index is -0.333. The van der Waals surface area contributed by atoms with Crippen molar-refractivity contribution in [3.63, 3.8) is 0 Å². The molecule has 0 aliphatic heterocycles. The number of hydrogen-bond acceptors (Lipinski definition) is 3. The largest absolute Gasteiger partial charge is 0.497 e. The molecule has 0 spiro atoms. The van der Waals surface area contributed by atoms with Gasteiger partial charge in [-0.3, -0.25) is 0 Å². The van der Waals surface area contributed by atoms with Gasteiger partial charge < -0.3 is 14.6 Å². The molecule has 2 rings (SSSR count). The Kier molecular flexibility index (Phi) is 5.64. The summed E-state index contributed by atoms with van der Waals surface area (Å²) in [5, 5.41) is 10.1. The Morgan fingerprint density at radius 1 is 0.810 bits per heavy atom. The summed E-state index contributed by atoms with van der Waals surface area (Å²) in [5.41, 5.74) is 2.34. The minimum Gasteiger partial charge on any atom is -0.497 e. The molecular formula is C18H22O3. The molecule has 0 amide bonds. The van der Waals surface area contributed by atoms with Crippen molar-refractivity contribution in [3.05, 3.63) is 59.7 Å². The molecule has 0 saturated heterocycles. The van der Waals surface area contributed by atoms with Gasteiger partial charge in [0.05, 0.1) is 20.3 Å². The number of aliphatic hydroxyl groups excluding tert-OH is 1. The van der Waals surface area contributed by atoms with E-state index in [0.717, 1.165) is 29.9 Å². The van der Waals surface area contributed by atoms with Crippen LogP contribution in [-0.2, 0) is 12.8 Å². The number of rotatable bonds is 7. The van der Waals surface area contributed by atoms with Gasteiger partial charge in [0, 0.05) is 0 Å². The number of methoxy groups -OCH3 is 2. The molecule has 0 radical (unpaired) electrons. The molecule has 1 N–H and O–H groups in total. The smallest absolute Gasteiger partial charge is 0.118 e. The van der Waals surface area contributed by atoms with Crippen molar-refractivity contribution in [1.29, 1.82) is 0 Å². The monoisotopic (exact) mass is 286 g/mol. The highest BCUT2D eigenvalue weighted by atomic mass is 16.5. The zero-order chi connectivity index (χ0) is 15.1. The van der Waals surface area contributed by atoms with Crippen molar-refractivity contribution in [1.82, 2.24) is 0 Å². The molecule has 21 heavy (non-hydrogen) atoms. The summed E-state index contributed by atoms with van der Waals surface area (Å²) in [5.74, 6) is 1.70. The first-order valence-corrected chi connectivity index (χ1v) is 7.15. The summed E-state index contributed by atoms with van der Waals surface area (Å²) >= 11 is 0. The Bertz CT molecular complexity index is 531. The van der Waals surface area contributed by atoms with Gasteiger partial charge in [0.1, 0.15) is 11.5 Å². The SMILES string of the molecule is COc1ccc(CCC(O)Cc2ccc(OC)cc2)cc1. The number of aryl methyl sites for hydroxylation is 1. The molecule has 0 fully saturated rings. The number of ether oxygens (including phenoxy) is 2. The summed E-state index contributed by atoms with van der Waals surface area (Å²) in [6.45, 7) is 0. The van der Waals surface area contributed by atoms with E-state index in [2.05, 4.69) is 0 Å². The fourth-order valence-electron chi connectivity index (χ4n) is 2.26. The standard InChI is InChI=1S/C18H22O3/c1-20-17-9-4-14(5-10-17)3-8-16(19)13-15-6-11-18(21-2)12-7-15/h4-7,9-12,16,19H,3,8,13H2,1-2H3. The average Bonchev–Trinajstić information content (AvgIpc) is 2.54. The van der Waals surface area contributed by atoms with Crippen LogP contribution in [0.2, 0.25) is 0 Å². The second-order valence-electron chi connectivity index (χ2n) is 5.09. The van der Waals surface area contributed by atoms with Gasteiger partial charge in [-0.05, 0) is 54.7 Å². The molecule has 2 aromatic rings.